The minimum absolute atomic E-state index is 0.0506. The van der Waals surface area contributed by atoms with Crippen LogP contribution in [0.1, 0.15) is 0 Å². The second kappa shape index (κ2) is 6.09. The quantitative estimate of drug-likeness (QED) is 0.681. The number of rotatable bonds is 3. The molecule has 0 bridgehead atoms. The zero-order valence-corrected chi connectivity index (χ0v) is 13.5. The molecule has 0 aliphatic heterocycles. The summed E-state index contributed by atoms with van der Waals surface area (Å²) >= 11 is 5.84. The van der Waals surface area contributed by atoms with Gasteiger partial charge < -0.3 is 4.74 Å². The molecule has 3 rings (SSSR count). The lowest BCUT2D eigenvalue weighted by Gasteiger charge is -2.11. The van der Waals surface area contributed by atoms with E-state index in [-0.39, 0.29) is 28.0 Å². The van der Waals surface area contributed by atoms with Crippen LogP contribution in [0, 0.1) is 11.6 Å². The Morgan fingerprint density at radius 2 is 1.83 bits per heavy atom. The van der Waals surface area contributed by atoms with E-state index in [1.54, 1.807) is 18.2 Å². The first-order valence-corrected chi connectivity index (χ1v) is 7.25. The van der Waals surface area contributed by atoms with Crippen LogP contribution >= 0.6 is 11.6 Å². The van der Waals surface area contributed by atoms with Crippen molar-refractivity contribution in [2.24, 2.45) is 7.05 Å². The molecule has 0 amide bonds. The first-order chi connectivity index (χ1) is 11.4. The van der Waals surface area contributed by atoms with Gasteiger partial charge in [0, 0.05) is 25.2 Å². The maximum Gasteiger partial charge on any atom is 0.273 e. The molecule has 124 valence electrons. The summed E-state index contributed by atoms with van der Waals surface area (Å²) in [4.78, 5) is 16.3. The monoisotopic (exact) mass is 351 g/mol. The van der Waals surface area contributed by atoms with Gasteiger partial charge in [-0.25, -0.2) is 13.8 Å². The van der Waals surface area contributed by atoms with Gasteiger partial charge in [-0.2, -0.15) is 4.68 Å². The van der Waals surface area contributed by atoms with Crippen molar-refractivity contribution in [1.82, 2.24) is 14.3 Å². The number of methoxy groups -OCH3 is 1. The summed E-state index contributed by atoms with van der Waals surface area (Å²) in [7, 11) is 2.81. The molecule has 0 fully saturated rings. The van der Waals surface area contributed by atoms with Gasteiger partial charge in [-0.3, -0.25) is 9.48 Å². The third kappa shape index (κ3) is 2.67. The normalized spacial score (nSPS) is 10.9. The Hall–Kier alpha value is -2.67. The van der Waals surface area contributed by atoms with Crippen LogP contribution in [0.4, 0.5) is 8.78 Å². The highest BCUT2D eigenvalue weighted by atomic mass is 35.5. The summed E-state index contributed by atoms with van der Waals surface area (Å²) in [6, 6.07) is 7.99. The topological polar surface area (TPSA) is 49.1 Å². The summed E-state index contributed by atoms with van der Waals surface area (Å²) in [5, 5.41) is 0.198. The molecule has 0 saturated carbocycles. The maximum absolute atomic E-state index is 14.3. The van der Waals surface area contributed by atoms with E-state index in [0.29, 0.717) is 0 Å². The van der Waals surface area contributed by atoms with Crippen molar-refractivity contribution < 1.29 is 13.5 Å². The molecule has 0 saturated heterocycles. The van der Waals surface area contributed by atoms with Crippen LogP contribution in [0.25, 0.3) is 17.1 Å². The number of benzene rings is 1. The minimum atomic E-state index is -0.835. The summed E-state index contributed by atoms with van der Waals surface area (Å²) in [6.07, 6.45) is 0. The largest absolute Gasteiger partial charge is 0.497 e. The predicted octanol–water partition coefficient (Wildman–Crippen LogP) is 3.18. The highest BCUT2D eigenvalue weighted by molar-refractivity contribution is 6.29. The van der Waals surface area contributed by atoms with Gasteiger partial charge in [0.05, 0.1) is 18.4 Å². The zero-order chi connectivity index (χ0) is 17.4. The first-order valence-electron chi connectivity index (χ1n) is 6.87. The van der Waals surface area contributed by atoms with Gasteiger partial charge in [-0.15, -0.1) is 0 Å². The molecule has 0 atom stereocenters. The molecule has 5 nitrogen and oxygen atoms in total. The Balaban J connectivity index is 2.23. The fraction of sp³-hybridized carbons (Fsp3) is 0.125. The molecule has 0 aliphatic carbocycles. The van der Waals surface area contributed by atoms with Crippen molar-refractivity contribution in [2.75, 3.05) is 7.11 Å². The third-order valence-electron chi connectivity index (χ3n) is 3.54. The van der Waals surface area contributed by atoms with E-state index in [1.165, 1.54) is 23.5 Å². The van der Waals surface area contributed by atoms with Crippen LogP contribution in [-0.2, 0) is 7.05 Å². The number of hydrogen-bond acceptors (Lipinski definition) is 3. The van der Waals surface area contributed by atoms with Crippen molar-refractivity contribution in [2.45, 2.75) is 0 Å². The SMILES string of the molecule is COc1cc(F)c(-c2cc(=O)n(-c3cccc(Cl)n3)n2C)c(F)c1. The molecule has 0 unspecified atom stereocenters. The van der Waals surface area contributed by atoms with Crippen LogP contribution in [0.15, 0.2) is 41.2 Å². The smallest absolute Gasteiger partial charge is 0.273 e. The molecular formula is C16H12ClF2N3O2. The lowest BCUT2D eigenvalue weighted by molar-refractivity contribution is 0.407. The molecule has 2 aromatic heterocycles. The van der Waals surface area contributed by atoms with E-state index in [2.05, 4.69) is 4.98 Å². The molecule has 1 aromatic carbocycles. The molecule has 8 heteroatoms. The van der Waals surface area contributed by atoms with Gasteiger partial charge in [0.2, 0.25) is 0 Å². The molecule has 2 heterocycles. The molecule has 0 spiro atoms. The van der Waals surface area contributed by atoms with Gasteiger partial charge in [0.1, 0.15) is 22.5 Å². The molecule has 0 aliphatic rings. The van der Waals surface area contributed by atoms with Crippen LogP contribution in [-0.4, -0.2) is 21.5 Å². The number of pyridine rings is 1. The molecule has 0 N–H and O–H groups in total. The van der Waals surface area contributed by atoms with Gasteiger partial charge in [0.25, 0.3) is 5.56 Å². The second-order valence-electron chi connectivity index (χ2n) is 4.99. The zero-order valence-electron chi connectivity index (χ0n) is 12.8. The Morgan fingerprint density at radius 1 is 1.17 bits per heavy atom. The summed E-state index contributed by atoms with van der Waals surface area (Å²) in [5.74, 6) is -1.37. The van der Waals surface area contributed by atoms with Crippen LogP contribution in [0.5, 0.6) is 5.75 Å². The number of nitrogens with zero attached hydrogens (tertiary/aromatic N) is 3. The minimum Gasteiger partial charge on any atom is -0.497 e. The maximum atomic E-state index is 14.3. The van der Waals surface area contributed by atoms with Crippen molar-refractivity contribution in [3.05, 3.63) is 63.5 Å². The summed E-state index contributed by atoms with van der Waals surface area (Å²) in [5.41, 5.74) is -0.743. The molecule has 24 heavy (non-hydrogen) atoms. The Labute approximate surface area is 140 Å². The number of halogens is 3. The molecule has 0 radical (unpaired) electrons. The van der Waals surface area contributed by atoms with Crippen molar-refractivity contribution in [3.63, 3.8) is 0 Å². The fourth-order valence-corrected chi connectivity index (χ4v) is 2.61. The Bertz CT molecular complexity index is 959. The average Bonchev–Trinajstić information content (AvgIpc) is 2.81. The highest BCUT2D eigenvalue weighted by Crippen LogP contribution is 2.29. The van der Waals surface area contributed by atoms with Crippen LogP contribution in [0.3, 0.4) is 0 Å². The Kier molecular flexibility index (Phi) is 4.11. The summed E-state index contributed by atoms with van der Waals surface area (Å²) in [6.45, 7) is 0. The Morgan fingerprint density at radius 3 is 2.42 bits per heavy atom. The van der Waals surface area contributed by atoms with Crippen LogP contribution in [0.2, 0.25) is 5.15 Å². The molecular weight excluding hydrogens is 340 g/mol. The second-order valence-corrected chi connectivity index (χ2v) is 5.38. The molecule has 3 aromatic rings. The van der Waals surface area contributed by atoms with Gasteiger partial charge in [-0.05, 0) is 12.1 Å². The number of aromatic nitrogens is 3. The van der Waals surface area contributed by atoms with Crippen molar-refractivity contribution in [3.8, 4) is 22.8 Å². The van der Waals surface area contributed by atoms with Crippen molar-refractivity contribution >= 4 is 11.6 Å². The summed E-state index contributed by atoms with van der Waals surface area (Å²) < 4.78 is 35.9. The van der Waals surface area contributed by atoms with Gasteiger partial charge >= 0.3 is 0 Å². The van der Waals surface area contributed by atoms with E-state index >= 15 is 0 Å². The fourth-order valence-electron chi connectivity index (χ4n) is 2.46. The lowest BCUT2D eigenvalue weighted by atomic mass is 10.1. The van der Waals surface area contributed by atoms with E-state index < -0.39 is 17.2 Å². The first kappa shape index (κ1) is 16.2. The number of hydrogen-bond donors (Lipinski definition) is 0. The standard InChI is InChI=1S/C16H12ClF2N3O2/c1-21-12(16-10(18)6-9(24-2)7-11(16)19)8-15(23)22(21)14-5-3-4-13(17)20-14/h3-8H,1-2H3. The lowest BCUT2D eigenvalue weighted by Crippen LogP contribution is -2.20. The van der Waals surface area contributed by atoms with Crippen molar-refractivity contribution in [1.29, 1.82) is 0 Å². The third-order valence-corrected chi connectivity index (χ3v) is 3.75. The van der Waals surface area contributed by atoms with E-state index in [9.17, 15) is 13.6 Å². The van der Waals surface area contributed by atoms with Gasteiger partial charge in [0.15, 0.2) is 5.82 Å². The van der Waals surface area contributed by atoms with E-state index in [4.69, 9.17) is 16.3 Å². The van der Waals surface area contributed by atoms with E-state index in [1.807, 2.05) is 0 Å². The number of ether oxygens (including phenoxy) is 1. The predicted molar refractivity (Wildman–Crippen MR) is 85.7 cm³/mol. The highest BCUT2D eigenvalue weighted by Gasteiger charge is 2.20. The van der Waals surface area contributed by atoms with Gasteiger partial charge in [-0.1, -0.05) is 17.7 Å². The average molecular weight is 352 g/mol. The van der Waals surface area contributed by atoms with E-state index in [0.717, 1.165) is 18.2 Å². The van der Waals surface area contributed by atoms with Crippen LogP contribution < -0.4 is 10.3 Å².